The van der Waals surface area contributed by atoms with Crippen molar-refractivity contribution in [3.63, 3.8) is 0 Å². The summed E-state index contributed by atoms with van der Waals surface area (Å²) in [5.41, 5.74) is 12.0. The SMILES string of the molecule is [C-]#[N+]c1ccc2c(c1)c1ccccc1n2-c1ccc(-c2cc(C#N)ccc2-n2c3ccccc3c3cccc(-n4c5ccccc5c5ccccc54)c32)c(C#N)c1. The monoisotopic (exact) mass is 724 g/mol. The second-order valence-corrected chi connectivity index (χ2v) is 14.2. The Kier molecular flexibility index (Phi) is 6.95. The van der Waals surface area contributed by atoms with Crippen LogP contribution in [0.3, 0.4) is 0 Å². The maximum absolute atomic E-state index is 10.9. The van der Waals surface area contributed by atoms with Crippen molar-refractivity contribution in [2.75, 3.05) is 0 Å². The van der Waals surface area contributed by atoms with Crippen LogP contribution in [-0.2, 0) is 0 Å². The first kappa shape index (κ1) is 32.1. The van der Waals surface area contributed by atoms with Gasteiger partial charge in [-0.05, 0) is 78.2 Å². The minimum Gasteiger partial charge on any atom is -0.309 e. The zero-order valence-corrected chi connectivity index (χ0v) is 30.3. The highest BCUT2D eigenvalue weighted by Crippen LogP contribution is 2.43. The third-order valence-corrected chi connectivity index (χ3v) is 11.3. The van der Waals surface area contributed by atoms with Gasteiger partial charge < -0.3 is 13.7 Å². The number of hydrogen-bond acceptors (Lipinski definition) is 2. The summed E-state index contributed by atoms with van der Waals surface area (Å²) in [7, 11) is 0. The van der Waals surface area contributed by atoms with E-state index < -0.39 is 0 Å². The number of rotatable bonds is 4. The molecule has 6 nitrogen and oxygen atoms in total. The third kappa shape index (κ3) is 4.61. The molecule has 3 heterocycles. The molecule has 0 saturated carbocycles. The molecule has 57 heavy (non-hydrogen) atoms. The van der Waals surface area contributed by atoms with Crippen LogP contribution in [0.15, 0.2) is 170 Å². The van der Waals surface area contributed by atoms with E-state index in [0.717, 1.165) is 82.8 Å². The zero-order chi connectivity index (χ0) is 38.2. The van der Waals surface area contributed by atoms with Crippen molar-refractivity contribution in [3.05, 3.63) is 192 Å². The van der Waals surface area contributed by atoms with Crippen LogP contribution >= 0.6 is 0 Å². The lowest BCUT2D eigenvalue weighted by atomic mass is 9.96. The summed E-state index contributed by atoms with van der Waals surface area (Å²) in [5, 5.41) is 27.7. The maximum atomic E-state index is 10.9. The number of benzene rings is 8. The van der Waals surface area contributed by atoms with Crippen LogP contribution in [0.1, 0.15) is 11.1 Å². The second-order valence-electron chi connectivity index (χ2n) is 14.2. The Hall–Kier alpha value is -8.37. The van der Waals surface area contributed by atoms with Crippen LogP contribution in [0.25, 0.3) is 98.5 Å². The third-order valence-electron chi connectivity index (χ3n) is 11.3. The van der Waals surface area contributed by atoms with Gasteiger partial charge in [0.05, 0.1) is 74.3 Å². The molecule has 0 N–H and O–H groups in total. The molecule has 6 heteroatoms. The zero-order valence-electron chi connectivity index (χ0n) is 30.3. The van der Waals surface area contributed by atoms with Crippen molar-refractivity contribution in [1.29, 1.82) is 10.5 Å². The lowest BCUT2D eigenvalue weighted by Crippen LogP contribution is -2.03. The number of nitriles is 2. The highest BCUT2D eigenvalue weighted by atomic mass is 15.1. The molecule has 11 rings (SSSR count). The van der Waals surface area contributed by atoms with Crippen LogP contribution in [0.4, 0.5) is 5.69 Å². The van der Waals surface area contributed by atoms with Gasteiger partial charge in [-0.3, -0.25) is 0 Å². The Balaban J connectivity index is 1.20. The summed E-state index contributed by atoms with van der Waals surface area (Å²) >= 11 is 0. The summed E-state index contributed by atoms with van der Waals surface area (Å²) in [4.78, 5) is 3.68. The van der Waals surface area contributed by atoms with Gasteiger partial charge in [0, 0.05) is 43.7 Å². The first-order valence-corrected chi connectivity index (χ1v) is 18.7. The molecular formula is C51H28N6. The van der Waals surface area contributed by atoms with Gasteiger partial charge in [-0.15, -0.1) is 0 Å². The van der Waals surface area contributed by atoms with Crippen LogP contribution < -0.4 is 0 Å². The van der Waals surface area contributed by atoms with Crippen molar-refractivity contribution in [1.82, 2.24) is 13.7 Å². The summed E-state index contributed by atoms with van der Waals surface area (Å²) < 4.78 is 6.81. The average molecular weight is 725 g/mol. The van der Waals surface area contributed by atoms with E-state index in [-0.39, 0.29) is 0 Å². The molecule has 0 saturated heterocycles. The van der Waals surface area contributed by atoms with Gasteiger partial charge in [-0.25, -0.2) is 4.85 Å². The smallest absolute Gasteiger partial charge is 0.188 e. The van der Waals surface area contributed by atoms with Crippen molar-refractivity contribution in [3.8, 4) is 40.3 Å². The average Bonchev–Trinajstić information content (AvgIpc) is 3.91. The number of hydrogen-bond donors (Lipinski definition) is 0. The molecule has 0 bridgehead atoms. The number of aromatic nitrogens is 3. The van der Waals surface area contributed by atoms with Crippen molar-refractivity contribution < 1.29 is 0 Å². The van der Waals surface area contributed by atoms with Crippen molar-refractivity contribution in [2.24, 2.45) is 0 Å². The summed E-state index contributed by atoms with van der Waals surface area (Å²) in [6.07, 6.45) is 0. The first-order valence-electron chi connectivity index (χ1n) is 18.7. The van der Waals surface area contributed by atoms with Crippen LogP contribution in [-0.4, -0.2) is 13.7 Å². The van der Waals surface area contributed by atoms with Crippen LogP contribution in [0, 0.1) is 29.2 Å². The molecule has 8 aromatic carbocycles. The normalized spacial score (nSPS) is 11.5. The lowest BCUT2D eigenvalue weighted by Gasteiger charge is -2.18. The standard InChI is InChI=1S/C51H28N6/c1-54-34-22-26-48-43(29-34)40-14-5-6-16-44(40)55(48)35-23-24-36(33(28-35)31-53)42-27-32(30-52)21-25-49(42)57-47-19-9-4-13-39(47)41-15-10-20-50(51(41)57)56-45-17-7-2-11-37(45)38-12-3-8-18-46(38)56/h2-29H. The molecule has 0 amide bonds. The van der Waals surface area contributed by atoms with E-state index in [2.05, 4.69) is 134 Å². The molecule has 0 radical (unpaired) electrons. The van der Waals surface area contributed by atoms with Gasteiger partial charge in [0.15, 0.2) is 5.69 Å². The maximum Gasteiger partial charge on any atom is 0.188 e. The quantitative estimate of drug-likeness (QED) is 0.170. The number of fused-ring (bicyclic) bond motifs is 9. The van der Waals surface area contributed by atoms with Crippen molar-refractivity contribution in [2.45, 2.75) is 0 Å². The molecule has 0 atom stereocenters. The number of nitrogens with zero attached hydrogens (tertiary/aromatic N) is 6. The fraction of sp³-hybridized carbons (Fsp3) is 0. The second kappa shape index (κ2) is 12.3. The highest BCUT2D eigenvalue weighted by Gasteiger charge is 2.23. The van der Waals surface area contributed by atoms with E-state index in [1.165, 1.54) is 10.8 Å². The molecule has 0 unspecified atom stereocenters. The minimum absolute atomic E-state index is 0.482. The fourth-order valence-electron chi connectivity index (χ4n) is 8.94. The predicted molar refractivity (Wildman–Crippen MR) is 231 cm³/mol. The molecule has 0 spiro atoms. The van der Waals surface area contributed by atoms with Gasteiger partial charge in [-0.1, -0.05) is 97.1 Å². The molecule has 0 aliphatic heterocycles. The predicted octanol–water partition coefficient (Wildman–Crippen LogP) is 12.9. The molecular weight excluding hydrogens is 697 g/mol. The van der Waals surface area contributed by atoms with Gasteiger partial charge in [0.1, 0.15) is 0 Å². The molecule has 262 valence electrons. The molecule has 3 aromatic heterocycles. The number of para-hydroxylation sites is 5. The summed E-state index contributed by atoms with van der Waals surface area (Å²) in [5.74, 6) is 0. The Morgan fingerprint density at radius 2 is 1.00 bits per heavy atom. The van der Waals surface area contributed by atoms with Gasteiger partial charge in [0.2, 0.25) is 0 Å². The van der Waals surface area contributed by atoms with Gasteiger partial charge in [-0.2, -0.15) is 10.5 Å². The summed E-state index contributed by atoms with van der Waals surface area (Å²) in [6.45, 7) is 7.61. The molecule has 0 aliphatic carbocycles. The Morgan fingerprint density at radius 3 is 1.65 bits per heavy atom. The topological polar surface area (TPSA) is 66.7 Å². The van der Waals surface area contributed by atoms with Gasteiger partial charge in [0.25, 0.3) is 0 Å². The van der Waals surface area contributed by atoms with Gasteiger partial charge >= 0.3 is 0 Å². The first-order chi connectivity index (χ1) is 28.2. The fourth-order valence-corrected chi connectivity index (χ4v) is 8.94. The molecule has 0 fully saturated rings. The highest BCUT2D eigenvalue weighted by molar-refractivity contribution is 6.15. The Bertz CT molecular complexity index is 3580. The summed E-state index contributed by atoms with van der Waals surface area (Å²) in [6, 6.07) is 62.5. The van der Waals surface area contributed by atoms with E-state index in [4.69, 9.17) is 6.57 Å². The largest absolute Gasteiger partial charge is 0.309 e. The molecule has 0 aliphatic rings. The van der Waals surface area contributed by atoms with Crippen molar-refractivity contribution >= 4 is 71.1 Å². The van der Waals surface area contributed by atoms with E-state index >= 15 is 0 Å². The van der Waals surface area contributed by atoms with Crippen LogP contribution in [0.2, 0.25) is 0 Å². The van der Waals surface area contributed by atoms with E-state index in [1.54, 1.807) is 0 Å². The molecule has 11 aromatic rings. The van der Waals surface area contributed by atoms with E-state index in [9.17, 15) is 10.5 Å². The van der Waals surface area contributed by atoms with Crippen LogP contribution in [0.5, 0.6) is 0 Å². The van der Waals surface area contributed by atoms with E-state index in [0.29, 0.717) is 16.8 Å². The Labute approximate surface area is 326 Å². The Morgan fingerprint density at radius 1 is 0.421 bits per heavy atom. The lowest BCUT2D eigenvalue weighted by molar-refractivity contribution is 1.13. The van der Waals surface area contributed by atoms with E-state index in [1.807, 2.05) is 66.7 Å². The minimum atomic E-state index is 0.482.